The lowest BCUT2D eigenvalue weighted by molar-refractivity contribution is 0.187. The van der Waals surface area contributed by atoms with Gasteiger partial charge in [-0.1, -0.05) is 26.2 Å². The van der Waals surface area contributed by atoms with Crippen LogP contribution in [0.2, 0.25) is 0 Å². The van der Waals surface area contributed by atoms with E-state index in [0.29, 0.717) is 6.04 Å². The van der Waals surface area contributed by atoms with Gasteiger partial charge in [-0.15, -0.1) is 0 Å². The van der Waals surface area contributed by atoms with Crippen LogP contribution in [-0.4, -0.2) is 29.3 Å². The van der Waals surface area contributed by atoms with Gasteiger partial charge >= 0.3 is 0 Å². The second-order valence-electron chi connectivity index (χ2n) is 5.95. The molecule has 1 aliphatic carbocycles. The Morgan fingerprint density at radius 3 is 2.80 bits per heavy atom. The van der Waals surface area contributed by atoms with Gasteiger partial charge in [-0.05, 0) is 32.1 Å². The van der Waals surface area contributed by atoms with Crippen molar-refractivity contribution in [3.05, 3.63) is 11.9 Å². The van der Waals surface area contributed by atoms with Gasteiger partial charge in [0.15, 0.2) is 0 Å². The molecule has 2 rings (SSSR count). The predicted molar refractivity (Wildman–Crippen MR) is 83.1 cm³/mol. The van der Waals surface area contributed by atoms with Crippen molar-refractivity contribution in [1.29, 1.82) is 0 Å². The lowest BCUT2D eigenvalue weighted by atomic mass is 9.83. The lowest BCUT2D eigenvalue weighted by Crippen LogP contribution is -2.31. The van der Waals surface area contributed by atoms with Crippen molar-refractivity contribution in [3.8, 4) is 0 Å². The first kappa shape index (κ1) is 15.4. The monoisotopic (exact) mass is 279 g/mol. The highest BCUT2D eigenvalue weighted by atomic mass is 16.5. The molecule has 0 bridgehead atoms. The van der Waals surface area contributed by atoms with E-state index in [1.807, 2.05) is 0 Å². The summed E-state index contributed by atoms with van der Waals surface area (Å²) in [6.45, 7) is 5.92. The molecule has 0 aliphatic heterocycles. The molecular weight excluding hydrogens is 250 g/mol. The van der Waals surface area contributed by atoms with Gasteiger partial charge in [0.05, 0.1) is 12.3 Å². The van der Waals surface area contributed by atoms with Crippen molar-refractivity contribution in [2.24, 2.45) is 5.92 Å². The van der Waals surface area contributed by atoms with Crippen LogP contribution in [0.5, 0.6) is 0 Å². The highest BCUT2D eigenvalue weighted by Crippen LogP contribution is 2.29. The first-order chi connectivity index (χ1) is 9.74. The normalized spacial score (nSPS) is 18.1. The van der Waals surface area contributed by atoms with Gasteiger partial charge in [-0.3, -0.25) is 0 Å². The average molecular weight is 279 g/mol. The highest BCUT2D eigenvalue weighted by Gasteiger charge is 2.23. The Hall–Kier alpha value is -1.03. The average Bonchev–Trinajstić information content (AvgIpc) is 2.83. The maximum Gasteiger partial charge on any atom is 0.203 e. The van der Waals surface area contributed by atoms with E-state index >= 15 is 0 Å². The second kappa shape index (κ2) is 7.67. The zero-order chi connectivity index (χ0) is 14.4. The Morgan fingerprint density at radius 1 is 1.40 bits per heavy atom. The van der Waals surface area contributed by atoms with Crippen LogP contribution in [0.25, 0.3) is 0 Å². The molecule has 114 valence electrons. The highest BCUT2D eigenvalue weighted by molar-refractivity contribution is 5.30. The SMILES string of the molecule is CCC(Nc1nc(C)cn1CCOC)C1CCCCC1. The summed E-state index contributed by atoms with van der Waals surface area (Å²) in [6.07, 6.45) is 10.2. The van der Waals surface area contributed by atoms with Gasteiger partial charge in [-0.25, -0.2) is 4.98 Å². The van der Waals surface area contributed by atoms with E-state index in [2.05, 4.69) is 34.9 Å². The standard InChI is InChI=1S/C16H29N3O/c1-4-15(14-8-6-5-7-9-14)18-16-17-13(2)12-19(16)10-11-20-3/h12,14-15H,4-11H2,1-3H3,(H,17,18). The van der Waals surface area contributed by atoms with Gasteiger partial charge in [0.1, 0.15) is 0 Å². The Balaban J connectivity index is 2.02. The van der Waals surface area contributed by atoms with Gasteiger partial charge < -0.3 is 14.6 Å². The molecule has 0 spiro atoms. The van der Waals surface area contributed by atoms with E-state index < -0.39 is 0 Å². The number of anilines is 1. The molecule has 1 heterocycles. The predicted octanol–water partition coefficient (Wildman–Crippen LogP) is 3.61. The molecule has 1 fully saturated rings. The summed E-state index contributed by atoms with van der Waals surface area (Å²) in [5.41, 5.74) is 1.07. The van der Waals surface area contributed by atoms with Crippen LogP contribution in [0, 0.1) is 12.8 Å². The van der Waals surface area contributed by atoms with Crippen molar-refractivity contribution >= 4 is 5.95 Å². The summed E-state index contributed by atoms with van der Waals surface area (Å²) in [4.78, 5) is 4.64. The smallest absolute Gasteiger partial charge is 0.203 e. The van der Waals surface area contributed by atoms with Crippen LogP contribution in [0.1, 0.15) is 51.1 Å². The van der Waals surface area contributed by atoms with Gasteiger partial charge in [0.2, 0.25) is 5.95 Å². The third kappa shape index (κ3) is 3.98. The summed E-state index contributed by atoms with van der Waals surface area (Å²) in [5.74, 6) is 1.82. The number of nitrogens with one attached hydrogen (secondary N) is 1. The Morgan fingerprint density at radius 2 is 2.15 bits per heavy atom. The molecule has 1 N–H and O–H groups in total. The molecule has 1 aromatic rings. The first-order valence-electron chi connectivity index (χ1n) is 8.03. The van der Waals surface area contributed by atoms with Crippen LogP contribution < -0.4 is 5.32 Å². The second-order valence-corrected chi connectivity index (χ2v) is 5.95. The molecule has 20 heavy (non-hydrogen) atoms. The molecule has 0 radical (unpaired) electrons. The number of nitrogens with zero attached hydrogens (tertiary/aromatic N) is 2. The van der Waals surface area contributed by atoms with Gasteiger partial charge in [0, 0.05) is 25.9 Å². The summed E-state index contributed by atoms with van der Waals surface area (Å²) in [5, 5.41) is 3.69. The number of methoxy groups -OCH3 is 1. The zero-order valence-corrected chi connectivity index (χ0v) is 13.2. The maximum atomic E-state index is 5.18. The number of rotatable bonds is 7. The van der Waals surface area contributed by atoms with Crippen LogP contribution in [0.4, 0.5) is 5.95 Å². The molecule has 4 nitrogen and oxygen atoms in total. The molecule has 1 unspecified atom stereocenters. The molecule has 1 saturated carbocycles. The van der Waals surface area contributed by atoms with E-state index in [4.69, 9.17) is 4.74 Å². The topological polar surface area (TPSA) is 39.1 Å². The quantitative estimate of drug-likeness (QED) is 0.828. The number of aryl methyl sites for hydroxylation is 1. The molecule has 1 atom stereocenters. The molecular formula is C16H29N3O. The molecule has 4 heteroatoms. The number of hydrogen-bond acceptors (Lipinski definition) is 3. The Bertz CT molecular complexity index is 396. The third-order valence-electron chi connectivity index (χ3n) is 4.41. The van der Waals surface area contributed by atoms with Crippen LogP contribution in [0.3, 0.4) is 0 Å². The largest absolute Gasteiger partial charge is 0.383 e. The Labute approximate surface area is 122 Å². The zero-order valence-electron chi connectivity index (χ0n) is 13.2. The Kier molecular flexibility index (Phi) is 5.89. The summed E-state index contributed by atoms with van der Waals surface area (Å²) >= 11 is 0. The van der Waals surface area contributed by atoms with Crippen LogP contribution >= 0.6 is 0 Å². The number of hydrogen-bond donors (Lipinski definition) is 1. The fraction of sp³-hybridized carbons (Fsp3) is 0.812. The van der Waals surface area contributed by atoms with Gasteiger partial charge in [0.25, 0.3) is 0 Å². The summed E-state index contributed by atoms with van der Waals surface area (Å²) in [7, 11) is 1.74. The summed E-state index contributed by atoms with van der Waals surface area (Å²) < 4.78 is 7.37. The van der Waals surface area contributed by atoms with Gasteiger partial charge in [-0.2, -0.15) is 0 Å². The van der Waals surface area contributed by atoms with Crippen LogP contribution in [-0.2, 0) is 11.3 Å². The molecule has 1 aliphatic rings. The minimum absolute atomic E-state index is 0.554. The van der Waals surface area contributed by atoms with E-state index in [1.54, 1.807) is 7.11 Å². The van der Waals surface area contributed by atoms with Crippen molar-refractivity contribution in [3.63, 3.8) is 0 Å². The number of imidazole rings is 1. The lowest BCUT2D eigenvalue weighted by Gasteiger charge is -2.30. The van der Waals surface area contributed by atoms with E-state index in [-0.39, 0.29) is 0 Å². The fourth-order valence-corrected chi connectivity index (χ4v) is 3.28. The van der Waals surface area contributed by atoms with Crippen molar-refractivity contribution < 1.29 is 4.74 Å². The van der Waals surface area contributed by atoms with Crippen molar-refractivity contribution in [1.82, 2.24) is 9.55 Å². The van der Waals surface area contributed by atoms with Crippen LogP contribution in [0.15, 0.2) is 6.20 Å². The van der Waals surface area contributed by atoms with E-state index in [9.17, 15) is 0 Å². The molecule has 0 saturated heterocycles. The fourth-order valence-electron chi connectivity index (χ4n) is 3.28. The van der Waals surface area contributed by atoms with E-state index in [0.717, 1.165) is 30.7 Å². The number of aromatic nitrogens is 2. The minimum Gasteiger partial charge on any atom is -0.383 e. The molecule has 1 aromatic heterocycles. The molecule has 0 amide bonds. The molecule has 0 aromatic carbocycles. The minimum atomic E-state index is 0.554. The van der Waals surface area contributed by atoms with E-state index in [1.165, 1.54) is 38.5 Å². The third-order valence-corrected chi connectivity index (χ3v) is 4.41. The van der Waals surface area contributed by atoms with Crippen molar-refractivity contribution in [2.45, 2.75) is 65.0 Å². The maximum absolute atomic E-state index is 5.18. The summed E-state index contributed by atoms with van der Waals surface area (Å²) in [6, 6.07) is 0.554. The first-order valence-corrected chi connectivity index (χ1v) is 8.03. The van der Waals surface area contributed by atoms with Crippen molar-refractivity contribution in [2.75, 3.05) is 19.0 Å². The number of ether oxygens (including phenoxy) is 1.